The highest BCUT2D eigenvalue weighted by atomic mass is 16.5. The normalized spacial score (nSPS) is 30.6. The summed E-state index contributed by atoms with van der Waals surface area (Å²) in [5.41, 5.74) is -0.120. The van der Waals surface area contributed by atoms with Crippen LogP contribution in [-0.4, -0.2) is 48.0 Å². The Balaban J connectivity index is 2.51. The summed E-state index contributed by atoms with van der Waals surface area (Å²) in [5.74, 6) is 0. The van der Waals surface area contributed by atoms with E-state index in [9.17, 15) is 5.11 Å². The van der Waals surface area contributed by atoms with Crippen molar-refractivity contribution in [3.63, 3.8) is 0 Å². The summed E-state index contributed by atoms with van der Waals surface area (Å²) in [7, 11) is 1.74. The van der Waals surface area contributed by atoms with Gasteiger partial charge in [0, 0.05) is 19.7 Å². The van der Waals surface area contributed by atoms with Crippen LogP contribution in [0.3, 0.4) is 0 Å². The van der Waals surface area contributed by atoms with Crippen molar-refractivity contribution in [1.82, 2.24) is 4.90 Å². The Bertz CT molecular complexity index is 182. The van der Waals surface area contributed by atoms with Gasteiger partial charge in [0.25, 0.3) is 0 Å². The molecule has 14 heavy (non-hydrogen) atoms. The van der Waals surface area contributed by atoms with E-state index < -0.39 is 0 Å². The van der Waals surface area contributed by atoms with Crippen LogP contribution in [-0.2, 0) is 4.74 Å². The van der Waals surface area contributed by atoms with Crippen molar-refractivity contribution in [3.05, 3.63) is 0 Å². The molecule has 1 rings (SSSR count). The largest absolute Gasteiger partial charge is 0.392 e. The van der Waals surface area contributed by atoms with Gasteiger partial charge in [-0.25, -0.2) is 0 Å². The van der Waals surface area contributed by atoms with E-state index in [0.717, 1.165) is 25.9 Å². The number of hydrogen-bond donors (Lipinski definition) is 1. The third-order valence-electron chi connectivity index (χ3n) is 3.21. The van der Waals surface area contributed by atoms with Crippen LogP contribution in [0, 0.1) is 0 Å². The van der Waals surface area contributed by atoms with E-state index in [0.29, 0.717) is 0 Å². The summed E-state index contributed by atoms with van der Waals surface area (Å²) in [6, 6.07) is 0.262. The lowest BCUT2D eigenvalue weighted by atomic mass is 9.98. The number of aliphatic hydroxyl groups is 1. The molecule has 1 aliphatic heterocycles. The fraction of sp³-hybridized carbons (Fsp3) is 1.00. The minimum Gasteiger partial charge on any atom is -0.392 e. The van der Waals surface area contributed by atoms with Gasteiger partial charge in [0.15, 0.2) is 0 Å². The highest BCUT2D eigenvalue weighted by Crippen LogP contribution is 2.20. The third kappa shape index (κ3) is 2.94. The molecule has 0 saturated carbocycles. The summed E-state index contributed by atoms with van der Waals surface area (Å²) in [5, 5.41) is 9.74. The van der Waals surface area contributed by atoms with E-state index in [1.165, 1.54) is 0 Å². The van der Waals surface area contributed by atoms with Gasteiger partial charge in [0.1, 0.15) is 0 Å². The number of piperidine rings is 1. The van der Waals surface area contributed by atoms with Gasteiger partial charge in [0.05, 0.1) is 11.7 Å². The topological polar surface area (TPSA) is 32.7 Å². The summed E-state index contributed by atoms with van der Waals surface area (Å²) in [4.78, 5) is 2.32. The quantitative estimate of drug-likeness (QED) is 0.746. The number of rotatable bonds is 3. The zero-order valence-electron chi connectivity index (χ0n) is 9.79. The molecule has 2 atom stereocenters. The van der Waals surface area contributed by atoms with Crippen molar-refractivity contribution in [2.45, 2.75) is 51.4 Å². The molecule has 84 valence electrons. The SMILES string of the molecule is COC(C)(C)CN1CCCC(O)C1C. The first-order valence-corrected chi connectivity index (χ1v) is 5.43. The molecule has 1 heterocycles. The first-order valence-electron chi connectivity index (χ1n) is 5.43. The second-order valence-electron chi connectivity index (χ2n) is 4.88. The summed E-state index contributed by atoms with van der Waals surface area (Å²) < 4.78 is 5.40. The lowest BCUT2D eigenvalue weighted by Gasteiger charge is -2.40. The van der Waals surface area contributed by atoms with Crippen LogP contribution in [0.25, 0.3) is 0 Å². The minimum absolute atomic E-state index is 0.120. The molecule has 1 N–H and O–H groups in total. The lowest BCUT2D eigenvalue weighted by Crippen LogP contribution is -2.51. The molecular formula is C11H23NO2. The van der Waals surface area contributed by atoms with E-state index in [-0.39, 0.29) is 17.7 Å². The van der Waals surface area contributed by atoms with Crippen molar-refractivity contribution < 1.29 is 9.84 Å². The van der Waals surface area contributed by atoms with E-state index >= 15 is 0 Å². The van der Waals surface area contributed by atoms with Gasteiger partial charge < -0.3 is 9.84 Å². The molecule has 2 unspecified atom stereocenters. The number of likely N-dealkylation sites (tertiary alicyclic amines) is 1. The zero-order valence-corrected chi connectivity index (χ0v) is 9.79. The van der Waals surface area contributed by atoms with Crippen LogP contribution >= 0.6 is 0 Å². The van der Waals surface area contributed by atoms with Crippen LogP contribution in [0.1, 0.15) is 33.6 Å². The Hall–Kier alpha value is -0.120. The van der Waals surface area contributed by atoms with Crippen LogP contribution in [0.4, 0.5) is 0 Å². The van der Waals surface area contributed by atoms with Crippen LogP contribution in [0.5, 0.6) is 0 Å². The number of methoxy groups -OCH3 is 1. The second kappa shape index (κ2) is 4.60. The average molecular weight is 201 g/mol. The minimum atomic E-state index is -0.170. The van der Waals surface area contributed by atoms with Crippen LogP contribution in [0.2, 0.25) is 0 Å². The fourth-order valence-electron chi connectivity index (χ4n) is 1.97. The summed E-state index contributed by atoms with van der Waals surface area (Å²) in [6.45, 7) is 8.23. The van der Waals surface area contributed by atoms with Gasteiger partial charge in [-0.1, -0.05) is 0 Å². The van der Waals surface area contributed by atoms with Gasteiger partial charge in [-0.15, -0.1) is 0 Å². The Morgan fingerprint density at radius 2 is 2.14 bits per heavy atom. The maximum absolute atomic E-state index is 9.74. The Morgan fingerprint density at radius 3 is 2.71 bits per heavy atom. The summed E-state index contributed by atoms with van der Waals surface area (Å²) in [6.07, 6.45) is 1.85. The van der Waals surface area contributed by atoms with E-state index in [2.05, 4.69) is 25.7 Å². The summed E-state index contributed by atoms with van der Waals surface area (Å²) >= 11 is 0. The average Bonchev–Trinajstić information content (AvgIpc) is 2.13. The number of nitrogens with zero attached hydrogens (tertiary/aromatic N) is 1. The monoisotopic (exact) mass is 201 g/mol. The first kappa shape index (κ1) is 12.0. The lowest BCUT2D eigenvalue weighted by molar-refractivity contribution is -0.0491. The number of hydrogen-bond acceptors (Lipinski definition) is 3. The Kier molecular flexibility index (Phi) is 3.93. The highest BCUT2D eigenvalue weighted by molar-refractivity contribution is 4.84. The van der Waals surface area contributed by atoms with Crippen molar-refractivity contribution in [1.29, 1.82) is 0 Å². The molecule has 1 saturated heterocycles. The van der Waals surface area contributed by atoms with Crippen molar-refractivity contribution in [3.8, 4) is 0 Å². The Labute approximate surface area is 87.1 Å². The van der Waals surface area contributed by atoms with Gasteiger partial charge >= 0.3 is 0 Å². The molecule has 0 amide bonds. The number of aliphatic hydroxyl groups excluding tert-OH is 1. The van der Waals surface area contributed by atoms with Crippen molar-refractivity contribution in [2.24, 2.45) is 0 Å². The van der Waals surface area contributed by atoms with Gasteiger partial charge in [0.2, 0.25) is 0 Å². The van der Waals surface area contributed by atoms with Crippen LogP contribution < -0.4 is 0 Å². The predicted octanol–water partition coefficient (Wildman–Crippen LogP) is 1.26. The predicted molar refractivity (Wildman–Crippen MR) is 57.4 cm³/mol. The van der Waals surface area contributed by atoms with Crippen LogP contribution in [0.15, 0.2) is 0 Å². The highest BCUT2D eigenvalue weighted by Gasteiger charge is 2.30. The molecule has 1 aliphatic rings. The maximum atomic E-state index is 9.74. The van der Waals surface area contributed by atoms with Gasteiger partial charge in [-0.05, 0) is 40.2 Å². The molecule has 0 bridgehead atoms. The van der Waals surface area contributed by atoms with Gasteiger partial charge in [-0.3, -0.25) is 4.90 Å². The first-order chi connectivity index (χ1) is 6.46. The molecule has 0 aromatic heterocycles. The molecule has 3 nitrogen and oxygen atoms in total. The van der Waals surface area contributed by atoms with Gasteiger partial charge in [-0.2, -0.15) is 0 Å². The molecule has 0 aliphatic carbocycles. The second-order valence-corrected chi connectivity index (χ2v) is 4.88. The zero-order chi connectivity index (χ0) is 10.8. The van der Waals surface area contributed by atoms with Crippen molar-refractivity contribution in [2.75, 3.05) is 20.2 Å². The van der Waals surface area contributed by atoms with E-state index in [4.69, 9.17) is 4.74 Å². The molecule has 0 aromatic carbocycles. The standard InChI is InChI=1S/C11H23NO2/c1-9-10(13)6-5-7-12(9)8-11(2,3)14-4/h9-10,13H,5-8H2,1-4H3. The van der Waals surface area contributed by atoms with E-state index in [1.54, 1.807) is 7.11 Å². The molecule has 0 radical (unpaired) electrons. The maximum Gasteiger partial charge on any atom is 0.0749 e. The molecule has 0 aromatic rings. The smallest absolute Gasteiger partial charge is 0.0749 e. The third-order valence-corrected chi connectivity index (χ3v) is 3.21. The number of ether oxygens (including phenoxy) is 1. The fourth-order valence-corrected chi connectivity index (χ4v) is 1.97. The molecule has 0 spiro atoms. The molecule has 1 fully saturated rings. The van der Waals surface area contributed by atoms with Crippen molar-refractivity contribution >= 4 is 0 Å². The van der Waals surface area contributed by atoms with E-state index in [1.807, 2.05) is 0 Å². The molecular weight excluding hydrogens is 178 g/mol. The Morgan fingerprint density at radius 1 is 1.50 bits per heavy atom. The molecule has 3 heteroatoms.